The van der Waals surface area contributed by atoms with Crippen molar-refractivity contribution in [1.82, 2.24) is 0 Å². The van der Waals surface area contributed by atoms with Crippen LogP contribution in [-0.4, -0.2) is 5.11 Å². The molecule has 1 N–H and O–H groups in total. The molecule has 0 amide bonds. The van der Waals surface area contributed by atoms with Crippen molar-refractivity contribution in [3.8, 4) is 11.5 Å². The highest BCUT2D eigenvalue weighted by atomic mass is 16.5. The Hall–Kier alpha value is -1.96. The van der Waals surface area contributed by atoms with Gasteiger partial charge < -0.3 is 9.84 Å². The smallest absolute Gasteiger partial charge is 0.123 e. The molecule has 0 spiro atoms. The lowest BCUT2D eigenvalue weighted by atomic mass is 10.1. The van der Waals surface area contributed by atoms with Crippen LogP contribution in [0.4, 0.5) is 0 Å². The van der Waals surface area contributed by atoms with Crippen LogP contribution in [0, 0.1) is 0 Å². The quantitative estimate of drug-likeness (QED) is 0.684. The van der Waals surface area contributed by atoms with Gasteiger partial charge in [0.05, 0.1) is 0 Å². The zero-order valence-electron chi connectivity index (χ0n) is 12.7. The number of rotatable bonds is 8. The summed E-state index contributed by atoms with van der Waals surface area (Å²) in [5.41, 5.74) is 2.07. The highest BCUT2D eigenvalue weighted by Crippen LogP contribution is 2.23. The standard InChI is InChI=1S/C19H24O2/c1-2-3-4-5-10-16-11-7-9-14-19(16)21-15-17-12-6-8-13-18(17)20/h6-9,11-14,20H,2-5,10,15H2,1H3. The average molecular weight is 284 g/mol. The molecule has 0 saturated heterocycles. The first-order valence-electron chi connectivity index (χ1n) is 7.79. The van der Waals surface area contributed by atoms with Gasteiger partial charge in [0.25, 0.3) is 0 Å². The van der Waals surface area contributed by atoms with Crippen molar-refractivity contribution in [2.75, 3.05) is 0 Å². The Morgan fingerprint density at radius 3 is 2.33 bits per heavy atom. The van der Waals surface area contributed by atoms with Gasteiger partial charge in [0, 0.05) is 5.56 Å². The second-order valence-electron chi connectivity index (χ2n) is 5.34. The molecule has 0 aliphatic rings. The molecule has 2 rings (SSSR count). The summed E-state index contributed by atoms with van der Waals surface area (Å²) in [6.07, 6.45) is 6.07. The fourth-order valence-corrected chi connectivity index (χ4v) is 2.38. The molecule has 2 aromatic carbocycles. The highest BCUT2D eigenvalue weighted by molar-refractivity contribution is 5.35. The number of para-hydroxylation sites is 2. The van der Waals surface area contributed by atoms with Crippen LogP contribution < -0.4 is 4.74 Å². The van der Waals surface area contributed by atoms with E-state index < -0.39 is 0 Å². The normalized spacial score (nSPS) is 10.5. The van der Waals surface area contributed by atoms with Crippen molar-refractivity contribution < 1.29 is 9.84 Å². The van der Waals surface area contributed by atoms with E-state index in [9.17, 15) is 5.11 Å². The Bertz CT molecular complexity index is 549. The van der Waals surface area contributed by atoms with E-state index in [4.69, 9.17) is 4.74 Å². The molecule has 0 unspecified atom stereocenters. The van der Waals surface area contributed by atoms with Gasteiger partial charge in [-0.2, -0.15) is 0 Å². The van der Waals surface area contributed by atoms with E-state index in [0.29, 0.717) is 6.61 Å². The van der Waals surface area contributed by atoms with Crippen LogP contribution in [0.15, 0.2) is 48.5 Å². The summed E-state index contributed by atoms with van der Waals surface area (Å²) in [5, 5.41) is 9.78. The maximum Gasteiger partial charge on any atom is 0.123 e. The summed E-state index contributed by atoms with van der Waals surface area (Å²) < 4.78 is 5.90. The lowest BCUT2D eigenvalue weighted by Gasteiger charge is -2.12. The van der Waals surface area contributed by atoms with Crippen molar-refractivity contribution in [3.05, 3.63) is 59.7 Å². The number of ether oxygens (including phenoxy) is 1. The van der Waals surface area contributed by atoms with Gasteiger partial charge in [0.1, 0.15) is 18.1 Å². The van der Waals surface area contributed by atoms with Crippen molar-refractivity contribution >= 4 is 0 Å². The van der Waals surface area contributed by atoms with Crippen LogP contribution in [0.5, 0.6) is 11.5 Å². The Kier molecular flexibility index (Phi) is 6.14. The molecule has 0 fully saturated rings. The molecule has 0 radical (unpaired) electrons. The maximum absolute atomic E-state index is 9.78. The van der Waals surface area contributed by atoms with Gasteiger partial charge in [-0.3, -0.25) is 0 Å². The minimum Gasteiger partial charge on any atom is -0.508 e. The van der Waals surface area contributed by atoms with Gasteiger partial charge >= 0.3 is 0 Å². The average Bonchev–Trinajstić information content (AvgIpc) is 2.52. The first kappa shape index (κ1) is 15.4. The van der Waals surface area contributed by atoms with Crippen molar-refractivity contribution in [2.45, 2.75) is 45.6 Å². The maximum atomic E-state index is 9.78. The number of hydrogen-bond acceptors (Lipinski definition) is 2. The molecule has 0 aliphatic carbocycles. The van der Waals surface area contributed by atoms with E-state index in [1.807, 2.05) is 30.3 Å². The van der Waals surface area contributed by atoms with E-state index in [-0.39, 0.29) is 5.75 Å². The van der Waals surface area contributed by atoms with Gasteiger partial charge in [-0.15, -0.1) is 0 Å². The third-order valence-electron chi connectivity index (χ3n) is 3.65. The predicted octanol–water partition coefficient (Wildman–Crippen LogP) is 5.09. The summed E-state index contributed by atoms with van der Waals surface area (Å²) in [5.74, 6) is 1.22. The van der Waals surface area contributed by atoms with E-state index in [2.05, 4.69) is 19.1 Å². The Labute approximate surface area is 127 Å². The second kappa shape index (κ2) is 8.35. The summed E-state index contributed by atoms with van der Waals surface area (Å²) in [6, 6.07) is 15.5. The van der Waals surface area contributed by atoms with Crippen molar-refractivity contribution in [1.29, 1.82) is 0 Å². The van der Waals surface area contributed by atoms with Crippen molar-refractivity contribution in [3.63, 3.8) is 0 Å². The molecule has 0 heterocycles. The summed E-state index contributed by atoms with van der Waals surface area (Å²) >= 11 is 0. The van der Waals surface area contributed by atoms with Crippen LogP contribution in [-0.2, 0) is 13.0 Å². The molecule has 112 valence electrons. The van der Waals surface area contributed by atoms with E-state index in [0.717, 1.165) is 17.7 Å². The van der Waals surface area contributed by atoms with Gasteiger partial charge in [-0.25, -0.2) is 0 Å². The lowest BCUT2D eigenvalue weighted by molar-refractivity contribution is 0.296. The van der Waals surface area contributed by atoms with Crippen LogP contribution in [0.2, 0.25) is 0 Å². The van der Waals surface area contributed by atoms with E-state index in [1.54, 1.807) is 6.07 Å². The fourth-order valence-electron chi connectivity index (χ4n) is 2.38. The first-order chi connectivity index (χ1) is 10.3. The Morgan fingerprint density at radius 1 is 0.857 bits per heavy atom. The summed E-state index contributed by atoms with van der Waals surface area (Å²) in [4.78, 5) is 0. The van der Waals surface area contributed by atoms with Crippen LogP contribution in [0.1, 0.15) is 43.7 Å². The van der Waals surface area contributed by atoms with Crippen LogP contribution in [0.3, 0.4) is 0 Å². The Morgan fingerprint density at radius 2 is 1.57 bits per heavy atom. The largest absolute Gasteiger partial charge is 0.508 e. The molecule has 21 heavy (non-hydrogen) atoms. The van der Waals surface area contributed by atoms with Gasteiger partial charge in [0.15, 0.2) is 0 Å². The van der Waals surface area contributed by atoms with Gasteiger partial charge in [-0.05, 0) is 30.5 Å². The highest BCUT2D eigenvalue weighted by Gasteiger charge is 2.05. The molecule has 2 heteroatoms. The molecule has 0 saturated carbocycles. The summed E-state index contributed by atoms with van der Waals surface area (Å²) in [6.45, 7) is 2.63. The number of unbranched alkanes of at least 4 members (excludes halogenated alkanes) is 3. The SMILES string of the molecule is CCCCCCc1ccccc1OCc1ccccc1O. The number of benzene rings is 2. The van der Waals surface area contributed by atoms with Crippen LogP contribution in [0.25, 0.3) is 0 Å². The molecule has 0 bridgehead atoms. The minimum atomic E-state index is 0.290. The van der Waals surface area contributed by atoms with E-state index in [1.165, 1.54) is 31.2 Å². The Balaban J connectivity index is 1.95. The van der Waals surface area contributed by atoms with Crippen LogP contribution >= 0.6 is 0 Å². The molecular formula is C19H24O2. The number of phenols is 1. The monoisotopic (exact) mass is 284 g/mol. The third kappa shape index (κ3) is 4.82. The second-order valence-corrected chi connectivity index (χ2v) is 5.34. The third-order valence-corrected chi connectivity index (χ3v) is 3.65. The van der Waals surface area contributed by atoms with Gasteiger partial charge in [-0.1, -0.05) is 62.6 Å². The topological polar surface area (TPSA) is 29.5 Å². The van der Waals surface area contributed by atoms with Gasteiger partial charge in [0.2, 0.25) is 0 Å². The minimum absolute atomic E-state index is 0.290. The van der Waals surface area contributed by atoms with E-state index >= 15 is 0 Å². The zero-order chi connectivity index (χ0) is 14.9. The molecule has 2 nitrogen and oxygen atoms in total. The molecule has 0 atom stereocenters. The number of phenolic OH excluding ortho intramolecular Hbond substituents is 1. The predicted molar refractivity (Wildman–Crippen MR) is 86.7 cm³/mol. The number of aryl methyl sites for hydroxylation is 1. The zero-order valence-corrected chi connectivity index (χ0v) is 12.7. The lowest BCUT2D eigenvalue weighted by Crippen LogP contribution is -1.99. The van der Waals surface area contributed by atoms with Crippen molar-refractivity contribution in [2.24, 2.45) is 0 Å². The fraction of sp³-hybridized carbons (Fsp3) is 0.368. The summed E-state index contributed by atoms with van der Waals surface area (Å²) in [7, 11) is 0. The number of aromatic hydroxyl groups is 1. The molecule has 2 aromatic rings. The number of hydrogen-bond donors (Lipinski definition) is 1. The molecule has 0 aliphatic heterocycles. The molecule has 0 aromatic heterocycles. The first-order valence-corrected chi connectivity index (χ1v) is 7.79. The molecular weight excluding hydrogens is 260 g/mol.